The second kappa shape index (κ2) is 8.49. The Morgan fingerprint density at radius 1 is 0.920 bits per heavy atom. The van der Waals surface area contributed by atoms with E-state index >= 15 is 0 Å². The number of hydrogen-bond acceptors (Lipinski definition) is 6. The monoisotopic (exact) mass is 343 g/mol. The maximum Gasteiger partial charge on any atom is 0.342 e. The fraction of sp³-hybridized carbons (Fsp3) is 0.167. The number of esters is 1. The van der Waals surface area contributed by atoms with Crippen molar-refractivity contribution in [1.29, 1.82) is 0 Å². The van der Waals surface area contributed by atoms with Crippen LogP contribution in [-0.4, -0.2) is 38.6 Å². The molecular weight excluding hydrogens is 326 g/mol. The van der Waals surface area contributed by atoms with Crippen LogP contribution in [0.15, 0.2) is 48.5 Å². The number of imide groups is 1. The topological polar surface area (TPSA) is 90.9 Å². The third-order valence-electron chi connectivity index (χ3n) is 3.25. The molecular formula is C18H17NO6. The lowest BCUT2D eigenvalue weighted by Gasteiger charge is -2.12. The van der Waals surface area contributed by atoms with Crippen molar-refractivity contribution in [3.8, 4) is 11.5 Å². The van der Waals surface area contributed by atoms with E-state index in [0.29, 0.717) is 11.3 Å². The number of nitrogens with one attached hydrogen (secondary N) is 1. The standard InChI is InChI=1S/C18H17NO6/c1-23-14-10-6-9-13(16(14)24-2)18(22)25-11-15(20)19-17(21)12-7-4-3-5-8-12/h3-10H,11H2,1-2H3,(H,19,20,21). The Morgan fingerprint density at radius 3 is 2.28 bits per heavy atom. The van der Waals surface area contributed by atoms with Gasteiger partial charge in [-0.2, -0.15) is 0 Å². The molecule has 0 aliphatic carbocycles. The molecule has 0 heterocycles. The Hall–Kier alpha value is -3.35. The largest absolute Gasteiger partial charge is 0.493 e. The molecule has 0 unspecified atom stereocenters. The second-order valence-corrected chi connectivity index (χ2v) is 4.86. The maximum atomic E-state index is 12.1. The summed E-state index contributed by atoms with van der Waals surface area (Å²) < 4.78 is 15.2. The van der Waals surface area contributed by atoms with Gasteiger partial charge in [-0.05, 0) is 24.3 Å². The van der Waals surface area contributed by atoms with Gasteiger partial charge in [0.2, 0.25) is 0 Å². The minimum atomic E-state index is -0.766. The van der Waals surface area contributed by atoms with Gasteiger partial charge < -0.3 is 14.2 Å². The summed E-state index contributed by atoms with van der Waals surface area (Å²) in [5.41, 5.74) is 0.445. The van der Waals surface area contributed by atoms with Crippen molar-refractivity contribution in [3.05, 3.63) is 59.7 Å². The first kappa shape index (κ1) is 18.0. The molecule has 0 fully saturated rings. The van der Waals surface area contributed by atoms with E-state index < -0.39 is 24.4 Å². The first-order valence-electron chi connectivity index (χ1n) is 7.34. The number of rotatable bonds is 6. The zero-order valence-corrected chi connectivity index (χ0v) is 13.8. The molecule has 0 radical (unpaired) electrons. The van der Waals surface area contributed by atoms with E-state index in [-0.39, 0.29) is 11.3 Å². The van der Waals surface area contributed by atoms with Crippen LogP contribution < -0.4 is 14.8 Å². The molecule has 0 saturated carbocycles. The molecule has 130 valence electrons. The van der Waals surface area contributed by atoms with Gasteiger partial charge in [-0.1, -0.05) is 24.3 Å². The van der Waals surface area contributed by atoms with E-state index in [1.807, 2.05) is 0 Å². The minimum absolute atomic E-state index is 0.115. The van der Waals surface area contributed by atoms with E-state index in [9.17, 15) is 14.4 Å². The Morgan fingerprint density at radius 2 is 1.64 bits per heavy atom. The Labute approximate surface area is 144 Å². The van der Waals surface area contributed by atoms with Crippen molar-refractivity contribution in [2.45, 2.75) is 0 Å². The van der Waals surface area contributed by atoms with Crippen LogP contribution in [0.25, 0.3) is 0 Å². The van der Waals surface area contributed by atoms with Gasteiger partial charge in [0, 0.05) is 5.56 Å². The van der Waals surface area contributed by atoms with Gasteiger partial charge in [-0.25, -0.2) is 4.79 Å². The molecule has 2 aromatic carbocycles. The number of hydrogen-bond donors (Lipinski definition) is 1. The van der Waals surface area contributed by atoms with Gasteiger partial charge in [0.25, 0.3) is 11.8 Å². The van der Waals surface area contributed by atoms with E-state index in [1.54, 1.807) is 42.5 Å². The molecule has 25 heavy (non-hydrogen) atoms. The summed E-state index contributed by atoms with van der Waals surface area (Å²) in [6.45, 7) is -0.599. The van der Waals surface area contributed by atoms with Crippen molar-refractivity contribution in [3.63, 3.8) is 0 Å². The van der Waals surface area contributed by atoms with Gasteiger partial charge >= 0.3 is 5.97 Å². The van der Waals surface area contributed by atoms with Gasteiger partial charge in [0.05, 0.1) is 14.2 Å². The van der Waals surface area contributed by atoms with Crippen LogP contribution >= 0.6 is 0 Å². The maximum absolute atomic E-state index is 12.1. The number of methoxy groups -OCH3 is 2. The van der Waals surface area contributed by atoms with Crippen molar-refractivity contribution >= 4 is 17.8 Å². The summed E-state index contributed by atoms with van der Waals surface area (Å²) in [6, 6.07) is 12.9. The third-order valence-corrected chi connectivity index (χ3v) is 3.25. The molecule has 0 atom stereocenters. The molecule has 7 heteroatoms. The van der Waals surface area contributed by atoms with Gasteiger partial charge in [0.1, 0.15) is 5.56 Å². The number of carbonyl (C=O) groups excluding carboxylic acids is 3. The number of benzene rings is 2. The molecule has 0 bridgehead atoms. The molecule has 0 aliphatic rings. The number of para-hydroxylation sites is 1. The van der Waals surface area contributed by atoms with Crippen molar-refractivity contribution < 1.29 is 28.6 Å². The van der Waals surface area contributed by atoms with Crippen molar-refractivity contribution in [2.24, 2.45) is 0 Å². The molecule has 7 nitrogen and oxygen atoms in total. The van der Waals surface area contributed by atoms with E-state index in [4.69, 9.17) is 14.2 Å². The lowest BCUT2D eigenvalue weighted by Crippen LogP contribution is -2.34. The highest BCUT2D eigenvalue weighted by Crippen LogP contribution is 2.30. The SMILES string of the molecule is COc1cccc(C(=O)OCC(=O)NC(=O)c2ccccc2)c1OC. The fourth-order valence-electron chi connectivity index (χ4n) is 2.08. The zero-order chi connectivity index (χ0) is 18.2. The highest BCUT2D eigenvalue weighted by atomic mass is 16.5. The highest BCUT2D eigenvalue weighted by molar-refractivity contribution is 6.05. The number of ether oxygens (including phenoxy) is 3. The first-order valence-corrected chi connectivity index (χ1v) is 7.34. The number of amides is 2. The molecule has 2 rings (SSSR count). The van der Waals surface area contributed by atoms with Gasteiger partial charge in [0.15, 0.2) is 18.1 Å². The van der Waals surface area contributed by atoms with Gasteiger partial charge in [-0.3, -0.25) is 14.9 Å². The lowest BCUT2D eigenvalue weighted by molar-refractivity contribution is -0.123. The average molecular weight is 343 g/mol. The molecule has 0 aromatic heterocycles. The summed E-state index contributed by atoms with van der Waals surface area (Å²) >= 11 is 0. The minimum Gasteiger partial charge on any atom is -0.493 e. The van der Waals surface area contributed by atoms with Crippen LogP contribution in [0, 0.1) is 0 Å². The van der Waals surface area contributed by atoms with Crippen molar-refractivity contribution in [2.75, 3.05) is 20.8 Å². The van der Waals surface area contributed by atoms with Crippen LogP contribution in [0.5, 0.6) is 11.5 Å². The second-order valence-electron chi connectivity index (χ2n) is 4.86. The summed E-state index contributed by atoms with van der Waals surface area (Å²) in [4.78, 5) is 35.7. The van der Waals surface area contributed by atoms with Crippen molar-refractivity contribution in [1.82, 2.24) is 5.32 Å². The molecule has 2 aromatic rings. The van der Waals surface area contributed by atoms with Crippen LogP contribution in [-0.2, 0) is 9.53 Å². The molecule has 2 amide bonds. The Kier molecular flexibility index (Phi) is 6.11. The predicted molar refractivity (Wildman–Crippen MR) is 88.7 cm³/mol. The number of carbonyl (C=O) groups is 3. The average Bonchev–Trinajstić information content (AvgIpc) is 2.65. The predicted octanol–water partition coefficient (Wildman–Crippen LogP) is 1.82. The lowest BCUT2D eigenvalue weighted by atomic mass is 10.2. The van der Waals surface area contributed by atoms with E-state index in [0.717, 1.165) is 0 Å². The Balaban J connectivity index is 1.96. The van der Waals surface area contributed by atoms with E-state index in [2.05, 4.69) is 5.32 Å². The zero-order valence-electron chi connectivity index (χ0n) is 13.8. The quantitative estimate of drug-likeness (QED) is 0.805. The molecule has 0 spiro atoms. The Bertz CT molecular complexity index is 772. The summed E-state index contributed by atoms with van der Waals surface area (Å²) in [5.74, 6) is -1.50. The first-order chi connectivity index (χ1) is 12.1. The summed E-state index contributed by atoms with van der Waals surface area (Å²) in [6.07, 6.45) is 0. The van der Waals surface area contributed by atoms with Crippen LogP contribution in [0.2, 0.25) is 0 Å². The highest BCUT2D eigenvalue weighted by Gasteiger charge is 2.19. The molecule has 0 saturated heterocycles. The smallest absolute Gasteiger partial charge is 0.342 e. The van der Waals surface area contributed by atoms with Gasteiger partial charge in [-0.15, -0.1) is 0 Å². The summed E-state index contributed by atoms with van der Waals surface area (Å²) in [7, 11) is 2.83. The van der Waals surface area contributed by atoms with E-state index in [1.165, 1.54) is 20.3 Å². The van der Waals surface area contributed by atoms with Crippen LogP contribution in [0.4, 0.5) is 0 Å². The molecule has 1 N–H and O–H groups in total. The molecule has 0 aliphatic heterocycles. The van der Waals surface area contributed by atoms with Crippen LogP contribution in [0.1, 0.15) is 20.7 Å². The van der Waals surface area contributed by atoms with Crippen LogP contribution in [0.3, 0.4) is 0 Å². The summed E-state index contributed by atoms with van der Waals surface area (Å²) in [5, 5.41) is 2.14. The normalized spacial score (nSPS) is 9.84. The third kappa shape index (κ3) is 4.57. The fourth-order valence-corrected chi connectivity index (χ4v) is 2.08.